The van der Waals surface area contributed by atoms with Gasteiger partial charge in [-0.25, -0.2) is 0 Å². The van der Waals surface area contributed by atoms with Crippen molar-refractivity contribution in [3.8, 4) is 0 Å². The SMILES string of the molecule is Cc1cc(C(C)NCc2cn[nH]c2C)c(C)o1.Cl. The number of hydrogen-bond acceptors (Lipinski definition) is 3. The fourth-order valence-electron chi connectivity index (χ4n) is 2.01. The summed E-state index contributed by atoms with van der Waals surface area (Å²) in [5, 5.41) is 10.4. The third-order valence-electron chi connectivity index (χ3n) is 3.08. The number of nitrogens with zero attached hydrogens (tertiary/aromatic N) is 1. The second-order valence-corrected chi connectivity index (χ2v) is 4.49. The first kappa shape index (κ1) is 14.8. The molecule has 2 N–H and O–H groups in total. The van der Waals surface area contributed by atoms with Gasteiger partial charge < -0.3 is 9.73 Å². The number of aromatic nitrogens is 2. The van der Waals surface area contributed by atoms with E-state index < -0.39 is 0 Å². The second kappa shape index (κ2) is 6.07. The molecule has 1 unspecified atom stereocenters. The van der Waals surface area contributed by atoms with Crippen molar-refractivity contribution < 1.29 is 4.42 Å². The van der Waals surface area contributed by atoms with Gasteiger partial charge in [0, 0.05) is 29.4 Å². The normalized spacial score (nSPS) is 12.2. The van der Waals surface area contributed by atoms with E-state index in [0.717, 1.165) is 23.8 Å². The Labute approximate surface area is 114 Å². The van der Waals surface area contributed by atoms with Gasteiger partial charge in [0.15, 0.2) is 0 Å². The molecule has 0 aliphatic carbocycles. The van der Waals surface area contributed by atoms with Crippen LogP contribution in [0, 0.1) is 20.8 Å². The number of H-pyrrole nitrogens is 1. The molecule has 0 amide bonds. The maximum absolute atomic E-state index is 5.54. The van der Waals surface area contributed by atoms with Crippen LogP contribution in [0.3, 0.4) is 0 Å². The molecular weight excluding hydrogens is 250 g/mol. The van der Waals surface area contributed by atoms with E-state index >= 15 is 0 Å². The summed E-state index contributed by atoms with van der Waals surface area (Å²) < 4.78 is 5.54. The van der Waals surface area contributed by atoms with Crippen molar-refractivity contribution in [2.24, 2.45) is 0 Å². The molecule has 0 saturated carbocycles. The molecular formula is C13H20ClN3O. The number of furan rings is 1. The minimum atomic E-state index is 0. The van der Waals surface area contributed by atoms with Crippen LogP contribution < -0.4 is 5.32 Å². The molecule has 0 aliphatic heterocycles. The average molecular weight is 270 g/mol. The van der Waals surface area contributed by atoms with Crippen molar-refractivity contribution >= 4 is 12.4 Å². The van der Waals surface area contributed by atoms with Crippen LogP contribution >= 0.6 is 12.4 Å². The van der Waals surface area contributed by atoms with Gasteiger partial charge in [-0.15, -0.1) is 12.4 Å². The predicted molar refractivity (Wildman–Crippen MR) is 74.0 cm³/mol. The Morgan fingerprint density at radius 3 is 2.61 bits per heavy atom. The number of aromatic amines is 1. The molecule has 2 heterocycles. The molecule has 0 aliphatic rings. The number of nitrogens with one attached hydrogen (secondary N) is 2. The minimum absolute atomic E-state index is 0. The minimum Gasteiger partial charge on any atom is -0.466 e. The quantitative estimate of drug-likeness (QED) is 0.896. The number of aryl methyl sites for hydroxylation is 3. The van der Waals surface area contributed by atoms with Crippen LogP contribution in [0.4, 0.5) is 0 Å². The molecule has 2 aromatic rings. The number of halogens is 1. The average Bonchev–Trinajstić information content (AvgIpc) is 2.81. The van der Waals surface area contributed by atoms with Crippen LogP contribution in [0.1, 0.15) is 41.3 Å². The van der Waals surface area contributed by atoms with Gasteiger partial charge in [0.1, 0.15) is 11.5 Å². The van der Waals surface area contributed by atoms with Crippen molar-refractivity contribution in [1.29, 1.82) is 0 Å². The summed E-state index contributed by atoms with van der Waals surface area (Å²) in [5.41, 5.74) is 3.54. The van der Waals surface area contributed by atoms with E-state index in [1.54, 1.807) is 0 Å². The summed E-state index contributed by atoms with van der Waals surface area (Å²) in [5.74, 6) is 1.96. The fraction of sp³-hybridized carbons (Fsp3) is 0.462. The molecule has 2 aromatic heterocycles. The van der Waals surface area contributed by atoms with E-state index in [1.807, 2.05) is 27.0 Å². The Morgan fingerprint density at radius 2 is 2.11 bits per heavy atom. The van der Waals surface area contributed by atoms with E-state index in [9.17, 15) is 0 Å². The van der Waals surface area contributed by atoms with Crippen LogP contribution in [0.5, 0.6) is 0 Å². The number of rotatable bonds is 4. The van der Waals surface area contributed by atoms with Gasteiger partial charge in [-0.2, -0.15) is 5.10 Å². The van der Waals surface area contributed by atoms with Gasteiger partial charge in [-0.3, -0.25) is 5.10 Å². The van der Waals surface area contributed by atoms with E-state index in [2.05, 4.69) is 28.5 Å². The van der Waals surface area contributed by atoms with Crippen LogP contribution in [-0.2, 0) is 6.54 Å². The molecule has 0 radical (unpaired) electrons. The lowest BCUT2D eigenvalue weighted by Crippen LogP contribution is -2.18. The standard InChI is InChI=1S/C13H19N3O.ClH/c1-8-5-13(11(4)17-8)10(3)14-6-12-7-15-16-9(12)2;/h5,7,10,14H,6H2,1-4H3,(H,15,16);1H. The summed E-state index contributed by atoms with van der Waals surface area (Å²) in [4.78, 5) is 0. The summed E-state index contributed by atoms with van der Waals surface area (Å²) >= 11 is 0. The zero-order valence-electron chi connectivity index (χ0n) is 11.2. The Balaban J connectivity index is 0.00000162. The van der Waals surface area contributed by atoms with Crippen LogP contribution in [0.25, 0.3) is 0 Å². The molecule has 100 valence electrons. The molecule has 1 atom stereocenters. The lowest BCUT2D eigenvalue weighted by molar-refractivity contribution is 0.489. The van der Waals surface area contributed by atoms with Crippen molar-refractivity contribution in [1.82, 2.24) is 15.5 Å². The van der Waals surface area contributed by atoms with Gasteiger partial charge in [0.2, 0.25) is 0 Å². The highest BCUT2D eigenvalue weighted by Gasteiger charge is 2.12. The monoisotopic (exact) mass is 269 g/mol. The van der Waals surface area contributed by atoms with Gasteiger partial charge in [-0.05, 0) is 33.8 Å². The van der Waals surface area contributed by atoms with Gasteiger partial charge in [-0.1, -0.05) is 0 Å². The molecule has 0 aromatic carbocycles. The van der Waals surface area contributed by atoms with Crippen molar-refractivity contribution in [3.05, 3.63) is 40.6 Å². The summed E-state index contributed by atoms with van der Waals surface area (Å²) in [6.45, 7) is 8.97. The molecule has 18 heavy (non-hydrogen) atoms. The first-order chi connectivity index (χ1) is 8.08. The zero-order valence-corrected chi connectivity index (χ0v) is 12.0. The molecule has 5 heteroatoms. The highest BCUT2D eigenvalue weighted by atomic mass is 35.5. The van der Waals surface area contributed by atoms with E-state index in [4.69, 9.17) is 4.42 Å². The lowest BCUT2D eigenvalue weighted by atomic mass is 10.1. The molecule has 0 fully saturated rings. The number of hydrogen-bond donors (Lipinski definition) is 2. The highest BCUT2D eigenvalue weighted by molar-refractivity contribution is 5.85. The second-order valence-electron chi connectivity index (χ2n) is 4.49. The smallest absolute Gasteiger partial charge is 0.105 e. The fourth-order valence-corrected chi connectivity index (χ4v) is 2.01. The Morgan fingerprint density at radius 1 is 1.39 bits per heavy atom. The van der Waals surface area contributed by atoms with Gasteiger partial charge in [0.05, 0.1) is 6.20 Å². The third kappa shape index (κ3) is 3.15. The third-order valence-corrected chi connectivity index (χ3v) is 3.08. The Hall–Kier alpha value is -1.26. The summed E-state index contributed by atoms with van der Waals surface area (Å²) in [7, 11) is 0. The first-order valence-electron chi connectivity index (χ1n) is 5.87. The molecule has 0 spiro atoms. The lowest BCUT2D eigenvalue weighted by Gasteiger charge is -2.12. The Kier molecular flexibility index (Phi) is 4.99. The first-order valence-corrected chi connectivity index (χ1v) is 5.87. The summed E-state index contributed by atoms with van der Waals surface area (Å²) in [6, 6.07) is 2.37. The molecule has 2 rings (SSSR count). The molecule has 4 nitrogen and oxygen atoms in total. The van der Waals surface area contributed by atoms with Crippen molar-refractivity contribution in [2.75, 3.05) is 0 Å². The van der Waals surface area contributed by atoms with Gasteiger partial charge >= 0.3 is 0 Å². The predicted octanol–water partition coefficient (Wildman–Crippen LogP) is 3.20. The van der Waals surface area contributed by atoms with Crippen LogP contribution in [0.15, 0.2) is 16.7 Å². The Bertz CT molecular complexity index is 504. The summed E-state index contributed by atoms with van der Waals surface area (Å²) in [6.07, 6.45) is 1.86. The van der Waals surface area contributed by atoms with Crippen LogP contribution in [0.2, 0.25) is 0 Å². The molecule has 0 bridgehead atoms. The van der Waals surface area contributed by atoms with Gasteiger partial charge in [0.25, 0.3) is 0 Å². The maximum atomic E-state index is 5.54. The van der Waals surface area contributed by atoms with E-state index in [1.165, 1.54) is 11.1 Å². The van der Waals surface area contributed by atoms with Crippen molar-refractivity contribution in [2.45, 2.75) is 40.3 Å². The largest absolute Gasteiger partial charge is 0.466 e. The highest BCUT2D eigenvalue weighted by Crippen LogP contribution is 2.21. The van der Waals surface area contributed by atoms with Crippen molar-refractivity contribution in [3.63, 3.8) is 0 Å². The van der Waals surface area contributed by atoms with E-state index in [-0.39, 0.29) is 18.4 Å². The maximum Gasteiger partial charge on any atom is 0.105 e. The molecule has 0 saturated heterocycles. The topological polar surface area (TPSA) is 53.9 Å². The van der Waals surface area contributed by atoms with E-state index in [0.29, 0.717) is 0 Å². The van der Waals surface area contributed by atoms with Crippen LogP contribution in [-0.4, -0.2) is 10.2 Å². The zero-order chi connectivity index (χ0) is 12.4.